The summed E-state index contributed by atoms with van der Waals surface area (Å²) in [4.78, 5) is 31.9. The van der Waals surface area contributed by atoms with Crippen molar-refractivity contribution in [1.29, 1.82) is 0 Å². The van der Waals surface area contributed by atoms with Gasteiger partial charge in [0.25, 0.3) is 5.91 Å². The molecule has 29 heavy (non-hydrogen) atoms. The van der Waals surface area contributed by atoms with Crippen molar-refractivity contribution in [2.45, 2.75) is 51.1 Å². The SMILES string of the molecule is NCCn1cc(C(=O)N2CCC(N3CCC[C@H](C(=O)N4CCCC4)C3)CC2)nn1. The third kappa shape index (κ3) is 4.61. The average molecular weight is 404 g/mol. The van der Waals surface area contributed by atoms with Crippen molar-refractivity contribution in [2.24, 2.45) is 11.7 Å². The second-order valence-electron chi connectivity index (χ2n) is 8.55. The molecule has 2 N–H and O–H groups in total. The highest BCUT2D eigenvalue weighted by Gasteiger charge is 2.35. The van der Waals surface area contributed by atoms with Crippen LogP contribution in [0.3, 0.4) is 0 Å². The molecule has 4 rings (SSSR count). The highest BCUT2D eigenvalue weighted by atomic mass is 16.2. The highest BCUT2D eigenvalue weighted by molar-refractivity contribution is 5.92. The summed E-state index contributed by atoms with van der Waals surface area (Å²) < 4.78 is 1.62. The summed E-state index contributed by atoms with van der Waals surface area (Å²) in [5.41, 5.74) is 5.92. The van der Waals surface area contributed by atoms with Crippen LogP contribution >= 0.6 is 0 Å². The van der Waals surface area contributed by atoms with Crippen molar-refractivity contribution >= 4 is 11.8 Å². The third-order valence-corrected chi connectivity index (χ3v) is 6.60. The zero-order valence-corrected chi connectivity index (χ0v) is 17.2. The molecule has 0 bridgehead atoms. The molecule has 3 fully saturated rings. The van der Waals surface area contributed by atoms with Gasteiger partial charge in [0.1, 0.15) is 0 Å². The summed E-state index contributed by atoms with van der Waals surface area (Å²) in [7, 11) is 0. The number of rotatable bonds is 5. The maximum atomic E-state index is 12.8. The zero-order chi connectivity index (χ0) is 20.2. The summed E-state index contributed by atoms with van der Waals surface area (Å²) >= 11 is 0. The summed E-state index contributed by atoms with van der Waals surface area (Å²) in [6.45, 7) is 6.31. The van der Waals surface area contributed by atoms with Crippen molar-refractivity contribution in [1.82, 2.24) is 29.7 Å². The Morgan fingerprint density at radius 3 is 2.48 bits per heavy atom. The fourth-order valence-electron chi connectivity index (χ4n) is 4.97. The topological polar surface area (TPSA) is 101 Å². The largest absolute Gasteiger partial charge is 0.342 e. The molecule has 3 aliphatic rings. The molecule has 0 aromatic carbocycles. The van der Waals surface area contributed by atoms with E-state index in [4.69, 9.17) is 5.73 Å². The summed E-state index contributed by atoms with van der Waals surface area (Å²) in [5, 5.41) is 7.96. The van der Waals surface area contributed by atoms with Crippen LogP contribution < -0.4 is 5.73 Å². The molecule has 3 saturated heterocycles. The fraction of sp³-hybridized carbons (Fsp3) is 0.800. The molecular formula is C20H33N7O2. The van der Waals surface area contributed by atoms with Crippen LogP contribution in [-0.4, -0.2) is 93.4 Å². The average Bonchev–Trinajstić information content (AvgIpc) is 3.46. The van der Waals surface area contributed by atoms with Crippen molar-refractivity contribution in [2.75, 3.05) is 45.8 Å². The lowest BCUT2D eigenvalue weighted by Gasteiger charge is -2.42. The molecule has 1 aromatic heterocycles. The number of aromatic nitrogens is 3. The molecule has 0 aliphatic carbocycles. The van der Waals surface area contributed by atoms with Crippen LogP contribution in [0.5, 0.6) is 0 Å². The van der Waals surface area contributed by atoms with E-state index in [1.165, 1.54) is 0 Å². The molecule has 0 spiro atoms. The number of hydrogen-bond acceptors (Lipinski definition) is 6. The minimum Gasteiger partial charge on any atom is -0.342 e. The maximum Gasteiger partial charge on any atom is 0.276 e. The van der Waals surface area contributed by atoms with E-state index < -0.39 is 0 Å². The third-order valence-electron chi connectivity index (χ3n) is 6.60. The Morgan fingerprint density at radius 2 is 1.76 bits per heavy atom. The fourth-order valence-corrected chi connectivity index (χ4v) is 4.97. The molecule has 3 aliphatic heterocycles. The first kappa shape index (κ1) is 20.3. The number of nitrogens with zero attached hydrogens (tertiary/aromatic N) is 6. The predicted octanol–water partition coefficient (Wildman–Crippen LogP) is 0.176. The van der Waals surface area contributed by atoms with Crippen LogP contribution in [0.25, 0.3) is 0 Å². The lowest BCUT2D eigenvalue weighted by Crippen LogP contribution is -2.51. The van der Waals surface area contributed by atoms with Crippen LogP contribution in [0.1, 0.15) is 49.0 Å². The van der Waals surface area contributed by atoms with Gasteiger partial charge in [-0.15, -0.1) is 5.10 Å². The molecule has 160 valence electrons. The van der Waals surface area contributed by atoms with E-state index in [2.05, 4.69) is 20.1 Å². The van der Waals surface area contributed by atoms with Gasteiger partial charge >= 0.3 is 0 Å². The van der Waals surface area contributed by atoms with Gasteiger partial charge in [0.15, 0.2) is 5.69 Å². The van der Waals surface area contributed by atoms with Gasteiger partial charge in [0, 0.05) is 45.3 Å². The molecule has 1 atom stereocenters. The van der Waals surface area contributed by atoms with E-state index in [9.17, 15) is 9.59 Å². The monoisotopic (exact) mass is 403 g/mol. The molecule has 2 amide bonds. The smallest absolute Gasteiger partial charge is 0.276 e. The maximum absolute atomic E-state index is 12.8. The molecule has 0 unspecified atom stereocenters. The number of hydrogen-bond donors (Lipinski definition) is 1. The second kappa shape index (κ2) is 9.21. The minimum absolute atomic E-state index is 0.0487. The van der Waals surface area contributed by atoms with E-state index >= 15 is 0 Å². The van der Waals surface area contributed by atoms with E-state index in [0.29, 0.717) is 30.7 Å². The number of nitrogens with two attached hydrogens (primary N) is 1. The lowest BCUT2D eigenvalue weighted by molar-refractivity contribution is -0.136. The predicted molar refractivity (Wildman–Crippen MR) is 108 cm³/mol. The summed E-state index contributed by atoms with van der Waals surface area (Å²) in [6, 6.07) is 0.459. The van der Waals surface area contributed by atoms with E-state index in [-0.39, 0.29) is 11.8 Å². The normalized spacial score (nSPS) is 24.2. The van der Waals surface area contributed by atoms with Gasteiger partial charge < -0.3 is 15.5 Å². The Bertz CT molecular complexity index is 707. The number of likely N-dealkylation sites (tertiary alicyclic amines) is 3. The first-order valence-electron chi connectivity index (χ1n) is 11.1. The van der Waals surface area contributed by atoms with Gasteiger partial charge in [-0.2, -0.15) is 0 Å². The molecule has 0 saturated carbocycles. The Hall–Kier alpha value is -2.00. The van der Waals surface area contributed by atoms with E-state index in [0.717, 1.165) is 77.8 Å². The Labute approximate surface area is 172 Å². The summed E-state index contributed by atoms with van der Waals surface area (Å²) in [6.07, 6.45) is 7.99. The van der Waals surface area contributed by atoms with Crippen molar-refractivity contribution in [3.63, 3.8) is 0 Å². The quantitative estimate of drug-likeness (QED) is 0.753. The van der Waals surface area contributed by atoms with Crippen molar-refractivity contribution in [3.05, 3.63) is 11.9 Å². The first-order valence-corrected chi connectivity index (χ1v) is 11.1. The van der Waals surface area contributed by atoms with Gasteiger partial charge in [-0.05, 0) is 45.1 Å². The van der Waals surface area contributed by atoms with Crippen LogP contribution in [0.15, 0.2) is 6.20 Å². The lowest BCUT2D eigenvalue weighted by atomic mass is 9.93. The standard InChI is InChI=1S/C20H33N7O2/c21-7-13-27-15-18(22-23-27)20(29)25-11-5-17(6-12-25)26-10-3-4-16(14-26)19(28)24-8-1-2-9-24/h15-17H,1-14,21H2/t16-/m0/s1. The number of carbonyl (C=O) groups is 2. The van der Waals surface area contributed by atoms with Crippen molar-refractivity contribution in [3.8, 4) is 0 Å². The number of piperidine rings is 2. The van der Waals surface area contributed by atoms with Crippen LogP contribution in [0, 0.1) is 5.92 Å². The molecule has 1 aromatic rings. The van der Waals surface area contributed by atoms with E-state index in [1.807, 2.05) is 4.90 Å². The Balaban J connectivity index is 1.28. The first-order chi connectivity index (χ1) is 14.2. The molecule has 9 heteroatoms. The van der Waals surface area contributed by atoms with Crippen LogP contribution in [0.4, 0.5) is 0 Å². The van der Waals surface area contributed by atoms with Gasteiger partial charge in [-0.25, -0.2) is 0 Å². The van der Waals surface area contributed by atoms with Gasteiger partial charge in [0.05, 0.1) is 18.7 Å². The number of amides is 2. The molecular weight excluding hydrogens is 370 g/mol. The Morgan fingerprint density at radius 1 is 1.00 bits per heavy atom. The summed E-state index contributed by atoms with van der Waals surface area (Å²) in [5.74, 6) is 0.465. The van der Waals surface area contributed by atoms with Crippen molar-refractivity contribution < 1.29 is 9.59 Å². The van der Waals surface area contributed by atoms with Gasteiger partial charge in [0.2, 0.25) is 5.91 Å². The van der Waals surface area contributed by atoms with Crippen LogP contribution in [0.2, 0.25) is 0 Å². The molecule has 0 radical (unpaired) electrons. The van der Waals surface area contributed by atoms with Crippen LogP contribution in [-0.2, 0) is 11.3 Å². The second-order valence-corrected chi connectivity index (χ2v) is 8.55. The highest BCUT2D eigenvalue weighted by Crippen LogP contribution is 2.26. The molecule has 4 heterocycles. The van der Waals surface area contributed by atoms with E-state index in [1.54, 1.807) is 10.9 Å². The number of carbonyl (C=O) groups excluding carboxylic acids is 2. The van der Waals surface area contributed by atoms with Gasteiger partial charge in [-0.1, -0.05) is 5.21 Å². The Kier molecular flexibility index (Phi) is 6.44. The minimum atomic E-state index is -0.0487. The van der Waals surface area contributed by atoms with Gasteiger partial charge in [-0.3, -0.25) is 19.2 Å². The zero-order valence-electron chi connectivity index (χ0n) is 17.2. The molecule has 9 nitrogen and oxygen atoms in total.